The maximum atomic E-state index is 8.30. The number of nitrogens with zero attached hydrogens (tertiary/aromatic N) is 1. The quantitative estimate of drug-likeness (QED) is 0.604. The Morgan fingerprint density at radius 2 is 2.00 bits per heavy atom. The molecule has 46 valence electrons. The van der Waals surface area contributed by atoms with Gasteiger partial charge in [-0.1, -0.05) is 0 Å². The van der Waals surface area contributed by atoms with Gasteiger partial charge in [-0.25, -0.2) is 0 Å². The zero-order chi connectivity index (χ0) is 7.23. The molecule has 1 rings (SSSR count). The number of rotatable bonds is 2. The van der Waals surface area contributed by atoms with Crippen LogP contribution >= 0.6 is 8.24 Å². The molecule has 1 aromatic carbocycles. The van der Waals surface area contributed by atoms with Crippen molar-refractivity contribution in [3.05, 3.63) is 30.3 Å². The van der Waals surface area contributed by atoms with E-state index < -0.39 is 23.1 Å². The van der Waals surface area contributed by atoms with E-state index in [-0.39, 0.29) is 0 Å². The fourth-order valence-electron chi connectivity index (χ4n) is 0.690. The van der Waals surface area contributed by atoms with Crippen LogP contribution in [0.2, 0.25) is 0 Å². The molecule has 0 aliphatic heterocycles. The van der Waals surface area contributed by atoms with Crippen molar-refractivity contribution in [2.75, 3.05) is 0 Å². The van der Waals surface area contributed by atoms with Crippen molar-refractivity contribution in [2.24, 2.45) is 0 Å². The predicted octanol–water partition coefficient (Wildman–Crippen LogP) is 1.52. The average molecular weight is 336 g/mol. The molecule has 0 saturated heterocycles. The first kappa shape index (κ1) is 8.10. The molecule has 1 nitrogen and oxygen atoms in total. The second-order valence-electron chi connectivity index (χ2n) is 1.87. The monoisotopic (exact) mass is 337 g/mol. The van der Waals surface area contributed by atoms with E-state index in [2.05, 4.69) is 17.5 Å². The van der Waals surface area contributed by atoms with Crippen molar-refractivity contribution >= 4 is 11.3 Å². The molecule has 10 heavy (non-hydrogen) atoms. The van der Waals surface area contributed by atoms with Crippen LogP contribution in [0.4, 0.5) is 0 Å². The molecule has 0 aliphatic carbocycles. The molecule has 0 amide bonds. The number of hydrogen-bond acceptors (Lipinski definition) is 2. The van der Waals surface area contributed by atoms with Gasteiger partial charge in [0.15, 0.2) is 0 Å². The molecule has 0 atom stereocenters. The molecule has 3 heteroatoms. The Balaban J connectivity index is 2.52. The molecule has 1 aromatic rings. The SMILES string of the molecule is N#C[S][Hg][c]1ccccc1. The Morgan fingerprint density at radius 1 is 1.30 bits per heavy atom. The molecule has 0 N–H and O–H groups in total. The summed E-state index contributed by atoms with van der Waals surface area (Å²) >= 11 is -1.04. The molecule has 0 spiro atoms. The van der Waals surface area contributed by atoms with Crippen LogP contribution in [0.5, 0.6) is 0 Å². The number of nitriles is 1. The number of hydrogen-bond donors (Lipinski definition) is 0. The third-order valence-electron chi connectivity index (χ3n) is 1.15. The van der Waals surface area contributed by atoms with Crippen molar-refractivity contribution in [1.82, 2.24) is 0 Å². The van der Waals surface area contributed by atoms with Gasteiger partial charge in [0, 0.05) is 0 Å². The van der Waals surface area contributed by atoms with Crippen LogP contribution in [0.3, 0.4) is 0 Å². The average Bonchev–Trinajstić information content (AvgIpc) is 2.03. The Labute approximate surface area is 75.0 Å². The fourth-order valence-corrected chi connectivity index (χ4v) is 7.11. The van der Waals surface area contributed by atoms with Gasteiger partial charge in [-0.05, 0) is 0 Å². The second kappa shape index (κ2) is 4.76. The molecule has 0 unspecified atom stereocenters. The van der Waals surface area contributed by atoms with Gasteiger partial charge in [-0.15, -0.1) is 0 Å². The topological polar surface area (TPSA) is 23.8 Å². The predicted molar refractivity (Wildman–Crippen MR) is 39.3 cm³/mol. The molecule has 0 saturated carbocycles. The molecule has 0 aromatic heterocycles. The minimum atomic E-state index is -1.04. The Hall–Kier alpha value is -0.00494. The van der Waals surface area contributed by atoms with Gasteiger partial charge in [-0.2, -0.15) is 0 Å². The van der Waals surface area contributed by atoms with Crippen LogP contribution < -0.4 is 3.07 Å². The summed E-state index contributed by atoms with van der Waals surface area (Å²) in [7, 11) is 1.49. The molecule has 0 aliphatic rings. The van der Waals surface area contributed by atoms with Gasteiger partial charge in [-0.3, -0.25) is 0 Å². The van der Waals surface area contributed by atoms with E-state index >= 15 is 0 Å². The van der Waals surface area contributed by atoms with E-state index in [0.717, 1.165) is 0 Å². The van der Waals surface area contributed by atoms with Gasteiger partial charge in [0.1, 0.15) is 0 Å². The summed E-state index contributed by atoms with van der Waals surface area (Å²) in [4.78, 5) is 0. The van der Waals surface area contributed by atoms with Crippen LogP contribution in [-0.4, -0.2) is 0 Å². The van der Waals surface area contributed by atoms with Crippen molar-refractivity contribution in [3.8, 4) is 5.40 Å². The van der Waals surface area contributed by atoms with Crippen LogP contribution in [0.25, 0.3) is 0 Å². The van der Waals surface area contributed by atoms with Gasteiger partial charge < -0.3 is 0 Å². The van der Waals surface area contributed by atoms with Crippen molar-refractivity contribution in [1.29, 1.82) is 5.26 Å². The summed E-state index contributed by atoms with van der Waals surface area (Å²) in [5.74, 6) is 0. The van der Waals surface area contributed by atoms with Gasteiger partial charge >= 0.3 is 75.4 Å². The first-order valence-electron chi connectivity index (χ1n) is 2.98. The second-order valence-corrected chi connectivity index (χ2v) is 12.5. The van der Waals surface area contributed by atoms with E-state index in [9.17, 15) is 0 Å². The van der Waals surface area contributed by atoms with E-state index in [1.54, 1.807) is 0 Å². The van der Waals surface area contributed by atoms with Gasteiger partial charge in [0.25, 0.3) is 0 Å². The van der Waals surface area contributed by atoms with Gasteiger partial charge in [0.05, 0.1) is 0 Å². The third kappa shape index (κ3) is 2.72. The maximum absolute atomic E-state index is 8.30. The van der Waals surface area contributed by atoms with Crippen LogP contribution in [0, 0.1) is 10.7 Å². The molecule has 0 bridgehead atoms. The summed E-state index contributed by atoms with van der Waals surface area (Å²) in [5, 5.41) is 10.4. The Morgan fingerprint density at radius 3 is 2.60 bits per heavy atom. The Bertz CT molecular complexity index is 229. The standard InChI is InChI=1S/C6H5.CHNS.Hg/c1-2-4-6-5-3-1;2-1-3;/h1-5H;3H;/q;;+1/p-1. The summed E-state index contributed by atoms with van der Waals surface area (Å²) in [6.45, 7) is 0. The molecule has 0 radical (unpaired) electrons. The first-order valence-corrected chi connectivity index (χ1v) is 13.4. The van der Waals surface area contributed by atoms with Crippen LogP contribution in [0.1, 0.15) is 0 Å². The Kier molecular flexibility index (Phi) is 3.85. The van der Waals surface area contributed by atoms with Gasteiger partial charge in [0.2, 0.25) is 0 Å². The van der Waals surface area contributed by atoms with E-state index in [4.69, 9.17) is 5.26 Å². The number of thiocyanates is 1. The minimum absolute atomic E-state index is 1.04. The molecular formula is C7H5HgNS. The summed E-state index contributed by atoms with van der Waals surface area (Å²) < 4.78 is 1.43. The summed E-state index contributed by atoms with van der Waals surface area (Å²) in [6, 6.07) is 10.3. The van der Waals surface area contributed by atoms with E-state index in [1.807, 2.05) is 18.2 Å². The van der Waals surface area contributed by atoms with E-state index in [1.165, 1.54) is 11.3 Å². The first-order chi connectivity index (χ1) is 4.93. The fraction of sp³-hybridized carbons (Fsp3) is 0. The molecular weight excluding hydrogens is 331 g/mol. The summed E-state index contributed by atoms with van der Waals surface area (Å²) in [6.07, 6.45) is 0. The van der Waals surface area contributed by atoms with Crippen molar-refractivity contribution in [3.63, 3.8) is 0 Å². The number of benzene rings is 1. The normalized spacial score (nSPS) is 7.90. The third-order valence-corrected chi connectivity index (χ3v) is 10.7. The molecule has 0 heterocycles. The van der Waals surface area contributed by atoms with Crippen LogP contribution in [0.15, 0.2) is 30.3 Å². The van der Waals surface area contributed by atoms with Crippen LogP contribution in [-0.2, 0) is 23.1 Å². The van der Waals surface area contributed by atoms with Crippen molar-refractivity contribution < 1.29 is 23.1 Å². The van der Waals surface area contributed by atoms with Crippen molar-refractivity contribution in [2.45, 2.75) is 0 Å². The molecule has 0 fully saturated rings. The zero-order valence-electron chi connectivity index (χ0n) is 5.45. The zero-order valence-corrected chi connectivity index (χ0v) is 11.8. The summed E-state index contributed by atoms with van der Waals surface area (Å²) in [5.41, 5.74) is 0. The van der Waals surface area contributed by atoms with E-state index in [0.29, 0.717) is 0 Å².